The molecule has 0 unspecified atom stereocenters. The molecular formula is C15H9Cl2FN2OS2. The third-order valence-corrected chi connectivity index (χ3v) is 5.57. The summed E-state index contributed by atoms with van der Waals surface area (Å²) in [7, 11) is 0. The lowest BCUT2D eigenvalue weighted by molar-refractivity contribution is 0.0998. The van der Waals surface area contributed by atoms with Gasteiger partial charge in [-0.3, -0.25) is 4.79 Å². The number of allylic oxidation sites excluding steroid dienone is 1. The monoisotopic (exact) mass is 386 g/mol. The molecule has 0 saturated heterocycles. The molecule has 1 aromatic carbocycles. The number of aromatic nitrogens is 1. The highest BCUT2D eigenvalue weighted by Crippen LogP contribution is 2.31. The number of hydrogen-bond acceptors (Lipinski definition) is 3. The number of thiophene rings is 1. The Morgan fingerprint density at radius 1 is 1.35 bits per heavy atom. The summed E-state index contributed by atoms with van der Waals surface area (Å²) in [6.07, 6.45) is 1.69. The normalized spacial score (nSPS) is 12.0. The highest BCUT2D eigenvalue weighted by Gasteiger charge is 2.15. The highest BCUT2D eigenvalue weighted by atomic mass is 35.5. The second kappa shape index (κ2) is 6.57. The number of benzene rings is 1. The molecule has 0 N–H and O–H groups in total. The van der Waals surface area contributed by atoms with Crippen LogP contribution in [0.25, 0.3) is 10.2 Å². The predicted octanol–water partition coefficient (Wildman–Crippen LogP) is 5.14. The number of carbonyl (C=O) groups excluding carboxylic acids is 1. The van der Waals surface area contributed by atoms with Gasteiger partial charge in [0.2, 0.25) is 0 Å². The zero-order chi connectivity index (χ0) is 16.6. The first-order chi connectivity index (χ1) is 11.0. The number of halogens is 3. The molecular weight excluding hydrogens is 378 g/mol. The molecule has 1 amide bonds. The molecule has 3 nitrogen and oxygen atoms in total. The molecule has 118 valence electrons. The van der Waals surface area contributed by atoms with Crippen LogP contribution in [0.15, 0.2) is 41.9 Å². The van der Waals surface area contributed by atoms with E-state index in [0.29, 0.717) is 24.7 Å². The van der Waals surface area contributed by atoms with Gasteiger partial charge >= 0.3 is 0 Å². The summed E-state index contributed by atoms with van der Waals surface area (Å²) < 4.78 is 16.6. The molecule has 3 aromatic rings. The van der Waals surface area contributed by atoms with Crippen molar-refractivity contribution >= 4 is 62.0 Å². The molecule has 0 fully saturated rings. The van der Waals surface area contributed by atoms with Gasteiger partial charge in [0, 0.05) is 6.54 Å². The van der Waals surface area contributed by atoms with Crippen molar-refractivity contribution in [3.63, 3.8) is 0 Å². The standard InChI is InChI=1S/C15H9Cl2FN2OS2/c1-2-5-20-10-4-3-8(18)6-11(10)22-15(20)19-14(21)9-7-12(16)23-13(9)17/h2-4,6-7H,1,5H2. The Bertz CT molecular complexity index is 987. The fourth-order valence-corrected chi connectivity index (χ4v) is 4.58. The van der Waals surface area contributed by atoms with Gasteiger partial charge in [0.25, 0.3) is 5.91 Å². The number of fused-ring (bicyclic) bond motifs is 1. The van der Waals surface area contributed by atoms with Gasteiger partial charge in [-0.15, -0.1) is 17.9 Å². The van der Waals surface area contributed by atoms with Crippen molar-refractivity contribution in [2.24, 2.45) is 4.99 Å². The summed E-state index contributed by atoms with van der Waals surface area (Å²) in [5.74, 6) is -0.821. The van der Waals surface area contributed by atoms with Crippen LogP contribution in [0.1, 0.15) is 10.4 Å². The fraction of sp³-hybridized carbons (Fsp3) is 0.0667. The maximum atomic E-state index is 13.4. The van der Waals surface area contributed by atoms with E-state index in [4.69, 9.17) is 23.2 Å². The largest absolute Gasteiger partial charge is 0.312 e. The summed E-state index contributed by atoms with van der Waals surface area (Å²) in [6.45, 7) is 4.16. The van der Waals surface area contributed by atoms with E-state index in [-0.39, 0.29) is 11.4 Å². The third-order valence-electron chi connectivity index (χ3n) is 3.04. The minimum Gasteiger partial charge on any atom is -0.312 e. The first kappa shape index (κ1) is 16.4. The number of carbonyl (C=O) groups is 1. The Labute approximate surface area is 148 Å². The van der Waals surface area contributed by atoms with Crippen LogP contribution in [0.2, 0.25) is 8.67 Å². The lowest BCUT2D eigenvalue weighted by atomic mass is 10.3. The van der Waals surface area contributed by atoms with Gasteiger partial charge in [-0.1, -0.05) is 40.6 Å². The number of rotatable bonds is 3. The Morgan fingerprint density at radius 2 is 2.13 bits per heavy atom. The van der Waals surface area contributed by atoms with Gasteiger partial charge in [0.15, 0.2) is 4.80 Å². The van der Waals surface area contributed by atoms with Crippen molar-refractivity contribution < 1.29 is 9.18 Å². The van der Waals surface area contributed by atoms with Crippen molar-refractivity contribution in [1.29, 1.82) is 0 Å². The minimum absolute atomic E-state index is 0.260. The molecule has 8 heteroatoms. The lowest BCUT2D eigenvalue weighted by Crippen LogP contribution is -2.16. The average Bonchev–Trinajstić information content (AvgIpc) is 2.99. The Kier molecular flexibility index (Phi) is 4.68. The van der Waals surface area contributed by atoms with Gasteiger partial charge < -0.3 is 4.57 Å². The Hall–Kier alpha value is -1.47. The zero-order valence-electron chi connectivity index (χ0n) is 11.6. The summed E-state index contributed by atoms with van der Waals surface area (Å²) in [5.41, 5.74) is 1.05. The van der Waals surface area contributed by atoms with E-state index in [2.05, 4.69) is 11.6 Å². The van der Waals surface area contributed by atoms with Gasteiger partial charge in [-0.25, -0.2) is 4.39 Å². The lowest BCUT2D eigenvalue weighted by Gasteiger charge is -2.00. The topological polar surface area (TPSA) is 34.4 Å². The third kappa shape index (κ3) is 3.26. The van der Waals surface area contributed by atoms with Gasteiger partial charge in [0.05, 0.1) is 20.1 Å². The second-order valence-corrected chi connectivity index (χ2v) is 7.85. The molecule has 2 aromatic heterocycles. The van der Waals surface area contributed by atoms with Crippen LogP contribution in [-0.2, 0) is 6.54 Å². The quantitative estimate of drug-likeness (QED) is 0.574. The molecule has 0 spiro atoms. The first-order valence-corrected chi connectivity index (χ1v) is 8.82. The molecule has 23 heavy (non-hydrogen) atoms. The van der Waals surface area contributed by atoms with Crippen LogP contribution in [0.5, 0.6) is 0 Å². The summed E-state index contributed by atoms with van der Waals surface area (Å²) in [5, 5.41) is 0. The molecule has 0 radical (unpaired) electrons. The Morgan fingerprint density at radius 3 is 2.78 bits per heavy atom. The van der Waals surface area contributed by atoms with Gasteiger partial charge in [-0.05, 0) is 24.3 Å². The molecule has 0 aliphatic rings. The van der Waals surface area contributed by atoms with Crippen molar-refractivity contribution in [2.75, 3.05) is 0 Å². The molecule has 0 aliphatic carbocycles. The molecule has 0 atom stereocenters. The molecule has 2 heterocycles. The molecule has 0 bridgehead atoms. The maximum absolute atomic E-state index is 13.4. The highest BCUT2D eigenvalue weighted by molar-refractivity contribution is 7.20. The van der Waals surface area contributed by atoms with E-state index in [1.54, 1.807) is 16.7 Å². The van der Waals surface area contributed by atoms with E-state index < -0.39 is 5.91 Å². The predicted molar refractivity (Wildman–Crippen MR) is 94.2 cm³/mol. The molecule has 0 saturated carbocycles. The van der Waals surface area contributed by atoms with Gasteiger partial charge in [0.1, 0.15) is 10.2 Å². The summed E-state index contributed by atoms with van der Waals surface area (Å²) in [4.78, 5) is 16.9. The SMILES string of the molecule is C=CCn1c(=NC(=O)c2cc(Cl)sc2Cl)sc2cc(F)ccc21. The number of amides is 1. The minimum atomic E-state index is -0.483. The van der Waals surface area contributed by atoms with Crippen LogP contribution >= 0.6 is 45.9 Å². The van der Waals surface area contributed by atoms with Crippen molar-refractivity contribution in [2.45, 2.75) is 6.54 Å². The van der Waals surface area contributed by atoms with Crippen molar-refractivity contribution in [1.82, 2.24) is 4.57 Å². The van der Waals surface area contributed by atoms with E-state index in [9.17, 15) is 9.18 Å². The van der Waals surface area contributed by atoms with Gasteiger partial charge in [-0.2, -0.15) is 4.99 Å². The summed E-state index contributed by atoms with van der Waals surface area (Å²) >= 11 is 14.2. The maximum Gasteiger partial charge on any atom is 0.282 e. The van der Waals surface area contributed by atoms with Crippen LogP contribution in [0.4, 0.5) is 4.39 Å². The van der Waals surface area contributed by atoms with Crippen LogP contribution in [0, 0.1) is 5.82 Å². The Balaban J connectivity index is 2.17. The van der Waals surface area contributed by atoms with Crippen LogP contribution in [0.3, 0.4) is 0 Å². The number of hydrogen-bond donors (Lipinski definition) is 0. The van der Waals surface area contributed by atoms with E-state index in [1.165, 1.54) is 29.5 Å². The van der Waals surface area contributed by atoms with Crippen LogP contribution < -0.4 is 4.80 Å². The first-order valence-electron chi connectivity index (χ1n) is 6.43. The van der Waals surface area contributed by atoms with E-state index in [1.807, 2.05) is 0 Å². The van der Waals surface area contributed by atoms with Crippen molar-refractivity contribution in [3.8, 4) is 0 Å². The van der Waals surface area contributed by atoms with E-state index in [0.717, 1.165) is 16.9 Å². The average molecular weight is 387 g/mol. The number of nitrogens with zero attached hydrogens (tertiary/aromatic N) is 2. The number of thiazole rings is 1. The fourth-order valence-electron chi connectivity index (χ4n) is 2.07. The molecule has 0 aliphatic heterocycles. The summed E-state index contributed by atoms with van der Waals surface area (Å²) in [6, 6.07) is 5.93. The van der Waals surface area contributed by atoms with E-state index >= 15 is 0 Å². The van der Waals surface area contributed by atoms with Crippen molar-refractivity contribution in [3.05, 3.63) is 61.8 Å². The molecule has 3 rings (SSSR count). The zero-order valence-corrected chi connectivity index (χ0v) is 14.7. The second-order valence-electron chi connectivity index (χ2n) is 4.55. The smallest absolute Gasteiger partial charge is 0.282 e. The van der Waals surface area contributed by atoms with Crippen LogP contribution in [-0.4, -0.2) is 10.5 Å².